The van der Waals surface area contributed by atoms with Crippen LogP contribution in [0.25, 0.3) is 0 Å². The van der Waals surface area contributed by atoms with Crippen LogP contribution in [0.5, 0.6) is 0 Å². The van der Waals surface area contributed by atoms with E-state index in [9.17, 15) is 13.5 Å². The highest BCUT2D eigenvalue weighted by Gasteiger charge is 2.34. The number of hydrogen-bond donors (Lipinski definition) is 1. The molecule has 0 saturated carbocycles. The summed E-state index contributed by atoms with van der Waals surface area (Å²) in [6, 6.07) is 14.6. The van der Waals surface area contributed by atoms with Gasteiger partial charge in [-0.25, -0.2) is 0 Å². The molecule has 0 saturated heterocycles. The molecule has 0 spiro atoms. The van der Waals surface area contributed by atoms with Crippen LogP contribution < -0.4 is 0 Å². The van der Waals surface area contributed by atoms with E-state index < -0.39 is 32.3 Å². The van der Waals surface area contributed by atoms with Crippen LogP contribution in [-0.2, 0) is 21.6 Å². The van der Waals surface area contributed by atoms with Gasteiger partial charge in [0.2, 0.25) is 0 Å². The van der Waals surface area contributed by atoms with Crippen molar-refractivity contribution in [2.75, 3.05) is 0 Å². The molecule has 2 aromatic rings. The summed E-state index contributed by atoms with van der Waals surface area (Å²) in [6.07, 6.45) is -0.922. The summed E-state index contributed by atoms with van der Waals surface area (Å²) in [5.74, 6) is -0.140. The fourth-order valence-corrected chi connectivity index (χ4v) is 6.04. The van der Waals surface area contributed by atoms with Crippen LogP contribution in [0.2, 0.25) is 0 Å². The van der Waals surface area contributed by atoms with E-state index in [1.165, 1.54) is 0 Å². The van der Waals surface area contributed by atoms with Crippen LogP contribution in [0.1, 0.15) is 25.0 Å². The van der Waals surface area contributed by atoms with Gasteiger partial charge in [-0.2, -0.15) is 0 Å². The van der Waals surface area contributed by atoms with E-state index in [1.807, 2.05) is 52.0 Å². The second-order valence-corrected chi connectivity index (χ2v) is 9.77. The van der Waals surface area contributed by atoms with E-state index in [2.05, 4.69) is 0 Å². The van der Waals surface area contributed by atoms with Gasteiger partial charge in [-0.15, -0.1) is 0 Å². The predicted molar refractivity (Wildman–Crippen MR) is 99.8 cm³/mol. The van der Waals surface area contributed by atoms with Crippen LogP contribution in [-0.4, -0.2) is 24.2 Å². The van der Waals surface area contributed by atoms with Crippen LogP contribution in [0, 0.1) is 19.8 Å². The molecule has 0 heterocycles. The second kappa shape index (κ2) is 8.19. The highest BCUT2D eigenvalue weighted by atomic mass is 32.2. The van der Waals surface area contributed by atoms with Gasteiger partial charge in [0, 0.05) is 9.79 Å². The molecule has 24 heavy (non-hydrogen) atoms. The summed E-state index contributed by atoms with van der Waals surface area (Å²) in [6.45, 7) is 7.60. The molecule has 2 rings (SSSR count). The van der Waals surface area contributed by atoms with Crippen LogP contribution >= 0.6 is 0 Å². The lowest BCUT2D eigenvalue weighted by molar-refractivity contribution is 0.139. The average molecular weight is 365 g/mol. The molecule has 0 aromatic heterocycles. The maximum Gasteiger partial charge on any atom is 0.145 e. The Morgan fingerprint density at radius 2 is 1.08 bits per heavy atom. The zero-order valence-electron chi connectivity index (χ0n) is 14.4. The standard InChI is InChI=1S/C19H24O3S2/c1-13(2)18(20)19(23(21)16-9-5-14(3)6-10-16)24(22)17-11-7-15(4)8-12-17/h5-13,18-20H,1-4H3/t18-,23+,24+/m1/s1. The first-order valence-corrected chi connectivity index (χ1v) is 10.4. The molecule has 0 bridgehead atoms. The maximum atomic E-state index is 13.0. The Labute approximate surface area is 149 Å². The minimum absolute atomic E-state index is 0.140. The molecule has 0 aliphatic carbocycles. The molecular formula is C19H24O3S2. The summed E-state index contributed by atoms with van der Waals surface area (Å²) < 4.78 is 25.2. The van der Waals surface area contributed by atoms with E-state index in [-0.39, 0.29) is 5.92 Å². The number of aliphatic hydroxyl groups is 1. The van der Waals surface area contributed by atoms with Crippen molar-refractivity contribution in [1.82, 2.24) is 0 Å². The van der Waals surface area contributed by atoms with Crippen LogP contribution in [0.4, 0.5) is 0 Å². The van der Waals surface area contributed by atoms with Gasteiger partial charge < -0.3 is 5.11 Å². The molecule has 0 unspecified atom stereocenters. The van der Waals surface area contributed by atoms with Crippen molar-refractivity contribution < 1.29 is 13.5 Å². The zero-order valence-corrected chi connectivity index (χ0v) is 16.1. The third-order valence-electron chi connectivity index (χ3n) is 3.89. The van der Waals surface area contributed by atoms with E-state index in [4.69, 9.17) is 0 Å². The molecule has 130 valence electrons. The van der Waals surface area contributed by atoms with E-state index in [0.717, 1.165) is 11.1 Å². The molecule has 0 aliphatic heterocycles. The average Bonchev–Trinajstić information content (AvgIpc) is 2.55. The van der Waals surface area contributed by atoms with Gasteiger partial charge in [0.15, 0.2) is 0 Å². The van der Waals surface area contributed by atoms with Gasteiger partial charge in [-0.05, 0) is 44.0 Å². The minimum Gasteiger partial charge on any atom is -0.391 e. The van der Waals surface area contributed by atoms with Crippen LogP contribution in [0.15, 0.2) is 58.3 Å². The van der Waals surface area contributed by atoms with Gasteiger partial charge in [0.1, 0.15) is 4.58 Å². The third kappa shape index (κ3) is 4.41. The SMILES string of the molecule is Cc1ccc([S@](=O)C([C@H](O)C(C)C)[S@@](=O)c2ccc(C)cc2)cc1. The van der Waals surface area contributed by atoms with E-state index in [1.54, 1.807) is 24.3 Å². The number of rotatable bonds is 6. The molecule has 0 fully saturated rings. The lowest BCUT2D eigenvalue weighted by Crippen LogP contribution is -2.38. The first kappa shape index (κ1) is 19.0. The van der Waals surface area contributed by atoms with Crippen molar-refractivity contribution in [3.63, 3.8) is 0 Å². The van der Waals surface area contributed by atoms with Crippen molar-refractivity contribution in [2.45, 2.75) is 48.2 Å². The van der Waals surface area contributed by atoms with Crippen molar-refractivity contribution in [2.24, 2.45) is 5.92 Å². The predicted octanol–water partition coefficient (Wildman–Crippen LogP) is 3.56. The summed E-state index contributed by atoms with van der Waals surface area (Å²) in [7, 11) is -3.13. The number of aliphatic hydroxyl groups excluding tert-OH is 1. The Morgan fingerprint density at radius 1 is 0.750 bits per heavy atom. The summed E-state index contributed by atoms with van der Waals surface area (Å²) in [5.41, 5.74) is 2.13. The molecule has 5 heteroatoms. The fourth-order valence-electron chi connectivity index (χ4n) is 2.26. The molecule has 0 aliphatic rings. The summed E-state index contributed by atoms with van der Waals surface area (Å²) in [4.78, 5) is 1.18. The minimum atomic E-state index is -1.57. The molecule has 1 N–H and O–H groups in total. The number of aryl methyl sites for hydroxylation is 2. The Hall–Kier alpha value is -1.30. The van der Waals surface area contributed by atoms with Crippen molar-refractivity contribution >= 4 is 21.6 Å². The van der Waals surface area contributed by atoms with Crippen molar-refractivity contribution in [1.29, 1.82) is 0 Å². The number of hydrogen-bond acceptors (Lipinski definition) is 3. The quantitative estimate of drug-likeness (QED) is 0.853. The first-order chi connectivity index (χ1) is 11.3. The van der Waals surface area contributed by atoms with Crippen molar-refractivity contribution in [3.8, 4) is 0 Å². The monoisotopic (exact) mass is 364 g/mol. The molecule has 0 radical (unpaired) electrons. The summed E-state index contributed by atoms with van der Waals surface area (Å²) >= 11 is 0. The van der Waals surface area contributed by atoms with E-state index >= 15 is 0 Å². The van der Waals surface area contributed by atoms with Gasteiger partial charge in [0.05, 0.1) is 27.7 Å². The number of benzene rings is 2. The van der Waals surface area contributed by atoms with Crippen LogP contribution in [0.3, 0.4) is 0 Å². The largest absolute Gasteiger partial charge is 0.391 e. The smallest absolute Gasteiger partial charge is 0.145 e. The zero-order chi connectivity index (χ0) is 17.9. The normalized spacial score (nSPS) is 15.5. The molecule has 3 nitrogen and oxygen atoms in total. The third-order valence-corrected chi connectivity index (χ3v) is 7.81. The first-order valence-electron chi connectivity index (χ1n) is 7.94. The highest BCUT2D eigenvalue weighted by molar-refractivity contribution is 8.03. The topological polar surface area (TPSA) is 54.4 Å². The van der Waals surface area contributed by atoms with Gasteiger partial charge in [-0.1, -0.05) is 49.2 Å². The van der Waals surface area contributed by atoms with E-state index in [0.29, 0.717) is 9.79 Å². The Morgan fingerprint density at radius 3 is 1.38 bits per heavy atom. The second-order valence-electron chi connectivity index (χ2n) is 6.32. The Kier molecular flexibility index (Phi) is 6.49. The Balaban J connectivity index is 2.40. The maximum absolute atomic E-state index is 13.0. The molecule has 3 atom stereocenters. The Bertz CT molecular complexity index is 664. The van der Waals surface area contributed by atoms with Gasteiger partial charge >= 0.3 is 0 Å². The lowest BCUT2D eigenvalue weighted by atomic mass is 10.1. The lowest BCUT2D eigenvalue weighted by Gasteiger charge is -2.25. The molecule has 2 aromatic carbocycles. The highest BCUT2D eigenvalue weighted by Crippen LogP contribution is 2.25. The van der Waals surface area contributed by atoms with Crippen molar-refractivity contribution in [3.05, 3.63) is 59.7 Å². The van der Waals surface area contributed by atoms with Gasteiger partial charge in [-0.3, -0.25) is 8.42 Å². The van der Waals surface area contributed by atoms with Gasteiger partial charge in [0.25, 0.3) is 0 Å². The summed E-state index contributed by atoms with van der Waals surface area (Å²) in [5, 5.41) is 10.6. The molecule has 0 amide bonds. The fraction of sp³-hybridized carbons (Fsp3) is 0.368. The molecular weight excluding hydrogens is 340 g/mol.